The minimum Gasteiger partial charge on any atom is -0.167 e. The summed E-state index contributed by atoms with van der Waals surface area (Å²) in [5.41, 5.74) is 1.05. The quantitative estimate of drug-likeness (QED) is 0.778. The Morgan fingerprint density at radius 1 is 1.20 bits per heavy atom. The van der Waals surface area contributed by atoms with Crippen LogP contribution in [0, 0.1) is 0 Å². The lowest BCUT2D eigenvalue weighted by Crippen LogP contribution is -1.91. The first kappa shape index (κ1) is 9.86. The zero-order valence-corrected chi connectivity index (χ0v) is 8.89. The molecule has 0 saturated heterocycles. The number of benzene rings is 1. The lowest BCUT2D eigenvalue weighted by atomic mass is 10.2. The van der Waals surface area contributed by atoms with E-state index >= 15 is 0 Å². The molecule has 2 aromatic rings. The highest BCUT2D eigenvalue weighted by atomic mass is 35.5. The Hall–Kier alpha value is -1.68. The molecule has 0 atom stereocenters. The van der Waals surface area contributed by atoms with E-state index in [1.165, 1.54) is 4.80 Å². The molecule has 4 nitrogen and oxygen atoms in total. The molecule has 0 amide bonds. The molecule has 2 rings (SSSR count). The SMILES string of the molecule is Cn1nnc(/C=C/c2ccc(Cl)cc2)n1. The van der Waals surface area contributed by atoms with Crippen LogP contribution in [-0.2, 0) is 7.05 Å². The minimum absolute atomic E-state index is 0.590. The van der Waals surface area contributed by atoms with Crippen molar-refractivity contribution in [1.29, 1.82) is 0 Å². The molecular formula is C10H9ClN4. The molecule has 15 heavy (non-hydrogen) atoms. The van der Waals surface area contributed by atoms with Crippen LogP contribution in [0.15, 0.2) is 24.3 Å². The van der Waals surface area contributed by atoms with Gasteiger partial charge >= 0.3 is 0 Å². The van der Waals surface area contributed by atoms with Crippen LogP contribution in [0.4, 0.5) is 0 Å². The fourth-order valence-electron chi connectivity index (χ4n) is 1.11. The van der Waals surface area contributed by atoms with Gasteiger partial charge in [-0.25, -0.2) is 0 Å². The predicted molar refractivity (Wildman–Crippen MR) is 59.2 cm³/mol. The number of tetrazole rings is 1. The van der Waals surface area contributed by atoms with Gasteiger partial charge in [-0.1, -0.05) is 29.8 Å². The molecule has 0 radical (unpaired) electrons. The van der Waals surface area contributed by atoms with Gasteiger partial charge in [-0.2, -0.15) is 4.80 Å². The molecule has 0 bridgehead atoms. The summed E-state index contributed by atoms with van der Waals surface area (Å²) in [5.74, 6) is 0.590. The van der Waals surface area contributed by atoms with Gasteiger partial charge < -0.3 is 0 Å². The Balaban J connectivity index is 2.14. The maximum absolute atomic E-state index is 5.77. The molecule has 0 aliphatic carbocycles. The van der Waals surface area contributed by atoms with E-state index in [0.717, 1.165) is 10.6 Å². The molecule has 1 aromatic heterocycles. The van der Waals surface area contributed by atoms with Crippen LogP contribution in [0.5, 0.6) is 0 Å². The number of hydrogen-bond donors (Lipinski definition) is 0. The zero-order valence-electron chi connectivity index (χ0n) is 8.13. The third kappa shape index (κ3) is 2.63. The third-order valence-corrected chi connectivity index (χ3v) is 2.07. The number of nitrogens with zero attached hydrogens (tertiary/aromatic N) is 4. The van der Waals surface area contributed by atoms with E-state index in [0.29, 0.717) is 5.82 Å². The molecule has 0 saturated carbocycles. The molecule has 1 heterocycles. The Labute approximate surface area is 92.2 Å². The summed E-state index contributed by atoms with van der Waals surface area (Å²) in [6, 6.07) is 7.53. The largest absolute Gasteiger partial charge is 0.197 e. The summed E-state index contributed by atoms with van der Waals surface area (Å²) >= 11 is 5.77. The second-order valence-corrected chi connectivity index (χ2v) is 3.46. The Morgan fingerprint density at radius 3 is 2.53 bits per heavy atom. The average Bonchev–Trinajstić information content (AvgIpc) is 2.64. The maximum Gasteiger partial charge on any atom is 0.197 e. The molecule has 1 aromatic carbocycles. The first-order valence-electron chi connectivity index (χ1n) is 4.42. The van der Waals surface area contributed by atoms with Crippen molar-refractivity contribution in [3.63, 3.8) is 0 Å². The topological polar surface area (TPSA) is 43.6 Å². The lowest BCUT2D eigenvalue weighted by Gasteiger charge is -1.91. The van der Waals surface area contributed by atoms with Gasteiger partial charge in [0.2, 0.25) is 0 Å². The van der Waals surface area contributed by atoms with Gasteiger partial charge in [-0.3, -0.25) is 0 Å². The number of aryl methyl sites for hydroxylation is 1. The first-order valence-corrected chi connectivity index (χ1v) is 4.79. The molecule has 0 N–H and O–H groups in total. The second-order valence-electron chi connectivity index (χ2n) is 3.02. The van der Waals surface area contributed by atoms with Crippen molar-refractivity contribution in [2.24, 2.45) is 7.05 Å². The second kappa shape index (κ2) is 4.23. The molecule has 0 spiro atoms. The highest BCUT2D eigenvalue weighted by Gasteiger charge is 1.93. The normalized spacial score (nSPS) is 11.1. The van der Waals surface area contributed by atoms with Crippen molar-refractivity contribution in [1.82, 2.24) is 20.2 Å². The van der Waals surface area contributed by atoms with Crippen molar-refractivity contribution < 1.29 is 0 Å². The van der Waals surface area contributed by atoms with Crippen LogP contribution in [0.2, 0.25) is 5.02 Å². The molecule has 5 heteroatoms. The van der Waals surface area contributed by atoms with E-state index in [1.807, 2.05) is 30.3 Å². The summed E-state index contributed by atoms with van der Waals surface area (Å²) in [7, 11) is 1.73. The van der Waals surface area contributed by atoms with Gasteiger partial charge in [0.1, 0.15) is 0 Å². The van der Waals surface area contributed by atoms with Gasteiger partial charge in [0, 0.05) is 5.02 Å². The van der Waals surface area contributed by atoms with Crippen molar-refractivity contribution in [2.45, 2.75) is 0 Å². The van der Waals surface area contributed by atoms with Crippen LogP contribution in [0.3, 0.4) is 0 Å². The standard InChI is InChI=1S/C10H9ClN4/c1-15-13-10(12-14-15)7-4-8-2-5-9(11)6-3-8/h2-7H,1H3/b7-4+. The minimum atomic E-state index is 0.590. The molecule has 0 aliphatic heterocycles. The summed E-state index contributed by atoms with van der Waals surface area (Å²) < 4.78 is 0. The highest BCUT2D eigenvalue weighted by molar-refractivity contribution is 6.30. The fourth-order valence-corrected chi connectivity index (χ4v) is 1.24. The fraction of sp³-hybridized carbons (Fsp3) is 0.100. The molecule has 76 valence electrons. The number of aromatic nitrogens is 4. The van der Waals surface area contributed by atoms with E-state index in [-0.39, 0.29) is 0 Å². The molecular weight excluding hydrogens is 212 g/mol. The van der Waals surface area contributed by atoms with Crippen molar-refractivity contribution >= 4 is 23.8 Å². The van der Waals surface area contributed by atoms with Gasteiger partial charge in [0.15, 0.2) is 5.82 Å². The zero-order chi connectivity index (χ0) is 10.7. The van der Waals surface area contributed by atoms with Crippen LogP contribution in [0.1, 0.15) is 11.4 Å². The maximum atomic E-state index is 5.77. The van der Waals surface area contributed by atoms with E-state index < -0.39 is 0 Å². The van der Waals surface area contributed by atoms with Crippen molar-refractivity contribution in [3.05, 3.63) is 40.7 Å². The van der Waals surface area contributed by atoms with Crippen LogP contribution >= 0.6 is 11.6 Å². The Kier molecular flexibility index (Phi) is 2.78. The van der Waals surface area contributed by atoms with Gasteiger partial charge in [0.05, 0.1) is 7.05 Å². The van der Waals surface area contributed by atoms with Gasteiger partial charge in [-0.05, 0) is 29.0 Å². The monoisotopic (exact) mass is 220 g/mol. The van der Waals surface area contributed by atoms with Crippen LogP contribution in [0.25, 0.3) is 12.2 Å². The van der Waals surface area contributed by atoms with Crippen molar-refractivity contribution in [2.75, 3.05) is 0 Å². The van der Waals surface area contributed by atoms with Gasteiger partial charge in [0.25, 0.3) is 0 Å². The smallest absolute Gasteiger partial charge is 0.167 e. The van der Waals surface area contributed by atoms with Crippen LogP contribution in [-0.4, -0.2) is 20.2 Å². The third-order valence-electron chi connectivity index (χ3n) is 1.82. The number of rotatable bonds is 2. The Morgan fingerprint density at radius 2 is 1.93 bits per heavy atom. The van der Waals surface area contributed by atoms with E-state index in [4.69, 9.17) is 11.6 Å². The average molecular weight is 221 g/mol. The molecule has 0 aliphatic rings. The summed E-state index contributed by atoms with van der Waals surface area (Å²) in [6.45, 7) is 0. The number of halogens is 1. The van der Waals surface area contributed by atoms with E-state index in [9.17, 15) is 0 Å². The Bertz CT molecular complexity index is 472. The summed E-state index contributed by atoms with van der Waals surface area (Å²) in [4.78, 5) is 1.42. The molecule has 0 unspecified atom stereocenters. The predicted octanol–water partition coefficient (Wildman–Crippen LogP) is 2.03. The number of hydrogen-bond acceptors (Lipinski definition) is 3. The lowest BCUT2D eigenvalue weighted by molar-refractivity contribution is 0.629. The van der Waals surface area contributed by atoms with Crippen LogP contribution < -0.4 is 0 Å². The van der Waals surface area contributed by atoms with Gasteiger partial charge in [-0.15, -0.1) is 10.2 Å². The summed E-state index contributed by atoms with van der Waals surface area (Å²) in [6.07, 6.45) is 3.71. The van der Waals surface area contributed by atoms with E-state index in [1.54, 1.807) is 13.1 Å². The first-order chi connectivity index (χ1) is 7.24. The summed E-state index contributed by atoms with van der Waals surface area (Å²) in [5, 5.41) is 12.3. The van der Waals surface area contributed by atoms with Crippen molar-refractivity contribution in [3.8, 4) is 0 Å². The highest BCUT2D eigenvalue weighted by Crippen LogP contribution is 2.11. The van der Waals surface area contributed by atoms with E-state index in [2.05, 4.69) is 15.4 Å². The molecule has 0 fully saturated rings.